The maximum Gasteiger partial charge on any atom is 0.361 e. The van der Waals surface area contributed by atoms with Crippen LogP contribution in [-0.4, -0.2) is 23.4 Å². The van der Waals surface area contributed by atoms with E-state index in [1.165, 1.54) is 0 Å². The maximum atomic E-state index is 8.84. The van der Waals surface area contributed by atoms with Crippen molar-refractivity contribution in [3.05, 3.63) is 40.9 Å². The third kappa shape index (κ3) is 1.16. The summed E-state index contributed by atoms with van der Waals surface area (Å²) >= 11 is 0. The zero-order valence-corrected chi connectivity index (χ0v) is 8.51. The Labute approximate surface area is 93.6 Å². The van der Waals surface area contributed by atoms with Crippen LogP contribution in [0.4, 0.5) is 0 Å². The average molecular weight is 206 g/mol. The lowest BCUT2D eigenvalue weighted by atomic mass is 10.0. The largest absolute Gasteiger partial charge is 0.394 e. The Morgan fingerprint density at radius 3 is 2.88 bits per heavy atom. The number of aromatic nitrogens is 1. The topological polar surface area (TPSA) is 55.8 Å². The monoisotopic (exact) mass is 206 g/mol. The van der Waals surface area contributed by atoms with Crippen molar-refractivity contribution in [3.63, 3.8) is 0 Å². The lowest BCUT2D eigenvalue weighted by Gasteiger charge is -2.24. The maximum absolute atomic E-state index is 8.84. The highest BCUT2D eigenvalue weighted by atomic mass is 15.2. The van der Waals surface area contributed by atoms with Crippen molar-refractivity contribution in [1.29, 1.82) is 10.5 Å². The number of nitrogens with zero attached hydrogens (tertiary/aromatic N) is 4. The quantitative estimate of drug-likeness (QED) is 0.584. The molecule has 0 saturated heterocycles. The van der Waals surface area contributed by atoms with E-state index in [2.05, 4.69) is 16.9 Å². The van der Waals surface area contributed by atoms with Gasteiger partial charge in [0, 0.05) is 29.7 Å². The van der Waals surface area contributed by atoms with Crippen molar-refractivity contribution in [2.45, 2.75) is 0 Å². The standard InChI is InChI=1S/C11H7BN4/c13-4-8-1-10-3-11-2-9(5-14)7-16(11)12-15(10)6-8/h1-3,6,12H,7H2. The average Bonchev–Trinajstić information content (AvgIpc) is 2.86. The Kier molecular flexibility index (Phi) is 1.69. The van der Waals surface area contributed by atoms with Crippen LogP contribution in [0.2, 0.25) is 0 Å². The van der Waals surface area contributed by atoms with Crippen molar-refractivity contribution >= 4 is 13.6 Å². The Bertz CT molecular complexity index is 609. The second-order valence-corrected chi connectivity index (χ2v) is 3.93. The molecule has 5 heteroatoms. The molecule has 1 aromatic rings. The molecule has 0 aromatic carbocycles. The fourth-order valence-electron chi connectivity index (χ4n) is 2.11. The molecule has 3 heterocycles. The lowest BCUT2D eigenvalue weighted by molar-refractivity contribution is 0.626. The summed E-state index contributed by atoms with van der Waals surface area (Å²) < 4.78 is 2.02. The molecule has 2 aliphatic heterocycles. The van der Waals surface area contributed by atoms with Gasteiger partial charge in [-0.3, -0.25) is 0 Å². The van der Waals surface area contributed by atoms with Crippen LogP contribution >= 0.6 is 0 Å². The van der Waals surface area contributed by atoms with Gasteiger partial charge in [0.15, 0.2) is 0 Å². The van der Waals surface area contributed by atoms with Gasteiger partial charge in [0.1, 0.15) is 6.07 Å². The molecule has 1 aromatic heterocycles. The SMILES string of the molecule is N#CC1=CC2=Cc3cc(C#N)cn3BN2C1. The Hall–Kier alpha value is -2.40. The molecular weight excluding hydrogens is 199 g/mol. The summed E-state index contributed by atoms with van der Waals surface area (Å²) in [7, 11) is 0.713. The van der Waals surface area contributed by atoms with E-state index in [1.54, 1.807) is 0 Å². The summed E-state index contributed by atoms with van der Waals surface area (Å²) in [5, 5.41) is 17.7. The first-order valence-electron chi connectivity index (χ1n) is 4.98. The summed E-state index contributed by atoms with van der Waals surface area (Å²) in [6.07, 6.45) is 5.75. The molecule has 0 spiro atoms. The Morgan fingerprint density at radius 1 is 1.25 bits per heavy atom. The molecule has 2 aliphatic rings. The van der Waals surface area contributed by atoms with Crippen LogP contribution in [0.5, 0.6) is 0 Å². The molecule has 74 valence electrons. The predicted octanol–water partition coefficient (Wildman–Crippen LogP) is 0.594. The third-order valence-corrected chi connectivity index (χ3v) is 2.87. The van der Waals surface area contributed by atoms with Crippen LogP contribution in [0.25, 0.3) is 6.08 Å². The molecule has 3 rings (SSSR count). The van der Waals surface area contributed by atoms with Crippen LogP contribution in [-0.2, 0) is 0 Å². The normalized spacial score (nSPS) is 16.2. The molecule has 0 bridgehead atoms. The van der Waals surface area contributed by atoms with E-state index in [-0.39, 0.29) is 0 Å². The van der Waals surface area contributed by atoms with Crippen LogP contribution < -0.4 is 0 Å². The minimum absolute atomic E-state index is 0.668. The second kappa shape index (κ2) is 3.05. The van der Waals surface area contributed by atoms with Crippen LogP contribution in [0.1, 0.15) is 11.3 Å². The van der Waals surface area contributed by atoms with Gasteiger partial charge >= 0.3 is 7.55 Å². The first-order chi connectivity index (χ1) is 7.80. The zero-order valence-electron chi connectivity index (χ0n) is 8.51. The molecule has 0 N–H and O–H groups in total. The Morgan fingerprint density at radius 2 is 2.12 bits per heavy atom. The van der Waals surface area contributed by atoms with E-state index in [9.17, 15) is 0 Å². The Balaban J connectivity index is 2.05. The lowest BCUT2D eigenvalue weighted by Crippen LogP contribution is -2.32. The van der Waals surface area contributed by atoms with Crippen LogP contribution in [0.15, 0.2) is 29.6 Å². The zero-order chi connectivity index (χ0) is 11.1. The number of nitriles is 2. The summed E-state index contributed by atoms with van der Waals surface area (Å²) in [6, 6.07) is 6.18. The highest BCUT2D eigenvalue weighted by Crippen LogP contribution is 2.25. The number of rotatable bonds is 0. The summed E-state index contributed by atoms with van der Waals surface area (Å²) in [4.78, 5) is 2.12. The second-order valence-electron chi connectivity index (χ2n) is 3.93. The third-order valence-electron chi connectivity index (χ3n) is 2.87. The van der Waals surface area contributed by atoms with Crippen molar-refractivity contribution < 1.29 is 0 Å². The number of hydrogen-bond donors (Lipinski definition) is 0. The van der Waals surface area contributed by atoms with E-state index < -0.39 is 0 Å². The smallest absolute Gasteiger partial charge is 0.361 e. The predicted molar refractivity (Wildman–Crippen MR) is 60.1 cm³/mol. The highest BCUT2D eigenvalue weighted by Gasteiger charge is 2.24. The van der Waals surface area contributed by atoms with Crippen molar-refractivity contribution in [2.75, 3.05) is 6.54 Å². The van der Waals surface area contributed by atoms with Crippen LogP contribution in [0.3, 0.4) is 0 Å². The van der Waals surface area contributed by atoms with E-state index >= 15 is 0 Å². The first kappa shape index (κ1) is 8.88. The van der Waals surface area contributed by atoms with Gasteiger partial charge in [-0.05, 0) is 18.2 Å². The molecule has 0 unspecified atom stereocenters. The molecule has 0 saturated carbocycles. The number of allylic oxidation sites excluding steroid dienone is 1. The minimum atomic E-state index is 0.668. The summed E-state index contributed by atoms with van der Waals surface area (Å²) in [5.41, 5.74) is 3.56. The summed E-state index contributed by atoms with van der Waals surface area (Å²) in [6.45, 7) is 0.668. The van der Waals surface area contributed by atoms with Crippen molar-refractivity contribution in [2.24, 2.45) is 0 Å². The molecular formula is C11H7BN4. The van der Waals surface area contributed by atoms with Crippen molar-refractivity contribution in [3.8, 4) is 12.1 Å². The molecule has 4 nitrogen and oxygen atoms in total. The molecule has 0 aliphatic carbocycles. The first-order valence-corrected chi connectivity index (χ1v) is 4.98. The minimum Gasteiger partial charge on any atom is -0.394 e. The molecule has 0 fully saturated rings. The van der Waals surface area contributed by atoms with Gasteiger partial charge in [-0.25, -0.2) is 0 Å². The van der Waals surface area contributed by atoms with Gasteiger partial charge in [0.05, 0.1) is 11.6 Å². The molecule has 0 radical (unpaired) electrons. The molecule has 0 amide bonds. The van der Waals surface area contributed by atoms with Crippen LogP contribution in [0, 0.1) is 22.7 Å². The van der Waals surface area contributed by atoms with E-state index in [1.807, 2.05) is 28.9 Å². The van der Waals surface area contributed by atoms with Gasteiger partial charge < -0.3 is 9.29 Å². The number of fused-ring (bicyclic) bond motifs is 2. The van der Waals surface area contributed by atoms with E-state index in [4.69, 9.17) is 10.5 Å². The van der Waals surface area contributed by atoms with Gasteiger partial charge in [-0.15, -0.1) is 0 Å². The fourth-order valence-corrected chi connectivity index (χ4v) is 2.11. The van der Waals surface area contributed by atoms with Gasteiger partial charge in [0.2, 0.25) is 0 Å². The highest BCUT2D eigenvalue weighted by molar-refractivity contribution is 6.33. The van der Waals surface area contributed by atoms with Gasteiger partial charge in [-0.2, -0.15) is 10.5 Å². The molecule has 0 atom stereocenters. The van der Waals surface area contributed by atoms with Crippen molar-refractivity contribution in [1.82, 2.24) is 9.29 Å². The van der Waals surface area contributed by atoms with Gasteiger partial charge in [-0.1, -0.05) is 0 Å². The van der Waals surface area contributed by atoms with Gasteiger partial charge in [0.25, 0.3) is 0 Å². The number of hydrogen-bond acceptors (Lipinski definition) is 3. The van der Waals surface area contributed by atoms with E-state index in [0.717, 1.165) is 17.0 Å². The summed E-state index contributed by atoms with van der Waals surface area (Å²) in [5.74, 6) is 0. The van der Waals surface area contributed by atoms with E-state index in [0.29, 0.717) is 19.7 Å². The fraction of sp³-hybridized carbons (Fsp3) is 0.0909. The molecule has 16 heavy (non-hydrogen) atoms.